The monoisotopic (exact) mass is 589 g/mol. The molecule has 5 nitrogen and oxygen atoms in total. The number of rotatable bonds is 7. The average molecular weight is 592 g/mol. The van der Waals surface area contributed by atoms with Crippen LogP contribution in [0.5, 0.6) is 11.5 Å². The van der Waals surface area contributed by atoms with Crippen LogP contribution in [0.3, 0.4) is 0 Å². The molecule has 1 heterocycles. The summed E-state index contributed by atoms with van der Waals surface area (Å²) in [7, 11) is 0. The van der Waals surface area contributed by atoms with Crippen molar-refractivity contribution in [2.45, 2.75) is 13.5 Å². The molecule has 4 rings (SSSR count). The molecule has 1 aliphatic heterocycles. The minimum absolute atomic E-state index is 0.201. The first-order valence-corrected chi connectivity index (χ1v) is 12.0. The minimum atomic E-state index is -0.514. The van der Waals surface area contributed by atoms with Crippen molar-refractivity contribution in [3.8, 4) is 11.5 Å². The highest BCUT2D eigenvalue weighted by Crippen LogP contribution is 2.38. The van der Waals surface area contributed by atoms with E-state index in [9.17, 15) is 4.79 Å². The lowest BCUT2D eigenvalue weighted by Crippen LogP contribution is -2.05. The van der Waals surface area contributed by atoms with E-state index in [0.717, 1.165) is 10.0 Å². The van der Waals surface area contributed by atoms with Crippen molar-refractivity contribution >= 4 is 61.4 Å². The molecule has 0 saturated carbocycles. The van der Waals surface area contributed by atoms with Gasteiger partial charge in [0.25, 0.3) is 0 Å². The van der Waals surface area contributed by atoms with Crippen LogP contribution in [0.2, 0.25) is 5.02 Å². The zero-order chi connectivity index (χ0) is 23.4. The van der Waals surface area contributed by atoms with Crippen LogP contribution in [-0.2, 0) is 16.1 Å². The SMILES string of the molecule is CCOc1cc(/C=C2\N=C(c3cccc(Br)c3)OC2=O)cc(Br)c1OCc1cccc(Cl)c1. The van der Waals surface area contributed by atoms with Crippen LogP contribution in [0.1, 0.15) is 23.6 Å². The van der Waals surface area contributed by atoms with Crippen LogP contribution >= 0.6 is 43.5 Å². The Morgan fingerprint density at radius 3 is 2.64 bits per heavy atom. The molecule has 33 heavy (non-hydrogen) atoms. The molecule has 0 amide bonds. The van der Waals surface area contributed by atoms with Crippen LogP contribution in [0.15, 0.2) is 80.3 Å². The Kier molecular flexibility index (Phi) is 7.53. The first kappa shape index (κ1) is 23.5. The smallest absolute Gasteiger partial charge is 0.363 e. The van der Waals surface area contributed by atoms with Crippen molar-refractivity contribution in [1.29, 1.82) is 0 Å². The van der Waals surface area contributed by atoms with Gasteiger partial charge in [0.2, 0.25) is 5.90 Å². The van der Waals surface area contributed by atoms with Gasteiger partial charge in [0, 0.05) is 15.1 Å². The summed E-state index contributed by atoms with van der Waals surface area (Å²) in [5.74, 6) is 0.855. The topological polar surface area (TPSA) is 57.1 Å². The van der Waals surface area contributed by atoms with E-state index in [4.69, 9.17) is 25.8 Å². The lowest BCUT2D eigenvalue weighted by atomic mass is 10.1. The van der Waals surface area contributed by atoms with E-state index in [1.165, 1.54) is 0 Å². The van der Waals surface area contributed by atoms with Crippen molar-refractivity contribution in [3.05, 3.63) is 97.0 Å². The molecular formula is C25H18Br2ClNO4. The summed E-state index contributed by atoms with van der Waals surface area (Å²) in [4.78, 5) is 16.8. The molecule has 168 valence electrons. The van der Waals surface area contributed by atoms with Crippen LogP contribution in [0.25, 0.3) is 6.08 Å². The molecule has 0 aliphatic carbocycles. The van der Waals surface area contributed by atoms with E-state index in [1.807, 2.05) is 61.5 Å². The van der Waals surface area contributed by atoms with Gasteiger partial charge in [-0.25, -0.2) is 9.79 Å². The molecule has 0 radical (unpaired) electrons. The second kappa shape index (κ2) is 10.5. The van der Waals surface area contributed by atoms with E-state index in [-0.39, 0.29) is 11.6 Å². The predicted octanol–water partition coefficient (Wildman–Crippen LogP) is 7.19. The Morgan fingerprint density at radius 2 is 1.88 bits per heavy atom. The molecule has 0 aromatic heterocycles. The minimum Gasteiger partial charge on any atom is -0.490 e. The summed E-state index contributed by atoms with van der Waals surface area (Å²) < 4.78 is 18.7. The Morgan fingerprint density at radius 1 is 1.06 bits per heavy atom. The van der Waals surface area contributed by atoms with Crippen molar-refractivity contribution in [2.75, 3.05) is 6.61 Å². The average Bonchev–Trinajstić information content (AvgIpc) is 3.14. The van der Waals surface area contributed by atoms with Crippen molar-refractivity contribution in [2.24, 2.45) is 4.99 Å². The third-order valence-electron chi connectivity index (χ3n) is 4.60. The summed E-state index contributed by atoms with van der Waals surface area (Å²) in [5.41, 5.74) is 2.56. The van der Waals surface area contributed by atoms with Gasteiger partial charge in [0.15, 0.2) is 17.2 Å². The second-order valence-corrected chi connectivity index (χ2v) is 9.23. The first-order chi connectivity index (χ1) is 15.9. The Hall–Kier alpha value is -2.61. The van der Waals surface area contributed by atoms with Crippen LogP contribution < -0.4 is 9.47 Å². The highest BCUT2D eigenvalue weighted by Gasteiger charge is 2.24. The highest BCUT2D eigenvalue weighted by molar-refractivity contribution is 9.10. The molecule has 0 spiro atoms. The quantitative estimate of drug-likeness (QED) is 0.216. The molecule has 0 atom stereocenters. The van der Waals surface area contributed by atoms with Gasteiger partial charge in [0.1, 0.15) is 6.61 Å². The van der Waals surface area contributed by atoms with E-state index in [0.29, 0.717) is 45.3 Å². The van der Waals surface area contributed by atoms with Gasteiger partial charge >= 0.3 is 5.97 Å². The largest absolute Gasteiger partial charge is 0.490 e. The Bertz CT molecular complexity index is 1270. The molecule has 1 aliphatic rings. The number of cyclic esters (lactones) is 1. The fourth-order valence-corrected chi connectivity index (χ4v) is 4.35. The lowest BCUT2D eigenvalue weighted by molar-refractivity contribution is -0.129. The van der Waals surface area contributed by atoms with E-state index in [1.54, 1.807) is 12.1 Å². The Labute approximate surface area is 213 Å². The highest BCUT2D eigenvalue weighted by atomic mass is 79.9. The number of ether oxygens (including phenoxy) is 3. The van der Waals surface area contributed by atoms with Gasteiger partial charge in [-0.3, -0.25) is 0 Å². The van der Waals surface area contributed by atoms with Crippen LogP contribution in [0, 0.1) is 0 Å². The molecule has 0 N–H and O–H groups in total. The van der Waals surface area contributed by atoms with Crippen LogP contribution in [-0.4, -0.2) is 18.5 Å². The molecule has 3 aromatic carbocycles. The van der Waals surface area contributed by atoms with Crippen molar-refractivity contribution in [1.82, 2.24) is 0 Å². The van der Waals surface area contributed by atoms with E-state index in [2.05, 4.69) is 36.9 Å². The molecular weight excluding hydrogens is 574 g/mol. The summed E-state index contributed by atoms with van der Waals surface area (Å²) in [6.07, 6.45) is 1.65. The number of halogens is 3. The van der Waals surface area contributed by atoms with Gasteiger partial charge in [0.05, 0.1) is 11.1 Å². The summed E-state index contributed by atoms with van der Waals surface area (Å²) in [6, 6.07) is 18.5. The number of carbonyl (C=O) groups excluding carboxylic acids is 1. The molecule has 3 aromatic rings. The summed E-state index contributed by atoms with van der Waals surface area (Å²) in [5, 5.41) is 0.647. The molecule has 0 bridgehead atoms. The van der Waals surface area contributed by atoms with E-state index < -0.39 is 5.97 Å². The Balaban J connectivity index is 1.61. The third kappa shape index (κ3) is 5.85. The summed E-state index contributed by atoms with van der Waals surface area (Å²) in [6.45, 7) is 2.67. The number of nitrogens with zero attached hydrogens (tertiary/aromatic N) is 1. The maximum absolute atomic E-state index is 12.4. The zero-order valence-corrected chi connectivity index (χ0v) is 21.4. The maximum atomic E-state index is 12.4. The number of benzene rings is 3. The number of esters is 1. The normalized spacial score (nSPS) is 14.2. The number of aliphatic imine (C=N–C) groups is 1. The molecule has 0 unspecified atom stereocenters. The van der Waals surface area contributed by atoms with Gasteiger partial charge in [-0.15, -0.1) is 0 Å². The zero-order valence-electron chi connectivity index (χ0n) is 17.5. The van der Waals surface area contributed by atoms with Crippen LogP contribution in [0.4, 0.5) is 0 Å². The third-order valence-corrected chi connectivity index (χ3v) is 5.92. The van der Waals surface area contributed by atoms with Gasteiger partial charge in [-0.2, -0.15) is 0 Å². The van der Waals surface area contributed by atoms with E-state index >= 15 is 0 Å². The molecule has 0 saturated heterocycles. The molecule has 8 heteroatoms. The lowest BCUT2D eigenvalue weighted by Gasteiger charge is -2.15. The number of carbonyl (C=O) groups is 1. The molecule has 0 fully saturated rings. The fourth-order valence-electron chi connectivity index (χ4n) is 3.17. The van der Waals surface area contributed by atoms with Gasteiger partial charge in [-0.05, 0) is 82.5 Å². The first-order valence-electron chi connectivity index (χ1n) is 10.0. The summed E-state index contributed by atoms with van der Waals surface area (Å²) >= 11 is 13.0. The standard InChI is InChI=1S/C25H18Br2ClNO4/c1-2-31-22-12-16(10-20(27)23(22)32-14-15-5-3-8-19(28)9-15)11-21-25(30)33-24(29-21)17-6-4-7-18(26)13-17/h3-13H,2,14H2,1H3/b21-11-. The van der Waals surface area contributed by atoms with Crippen molar-refractivity contribution in [3.63, 3.8) is 0 Å². The number of hydrogen-bond donors (Lipinski definition) is 0. The number of hydrogen-bond acceptors (Lipinski definition) is 5. The van der Waals surface area contributed by atoms with Crippen molar-refractivity contribution < 1.29 is 19.0 Å². The second-order valence-electron chi connectivity index (χ2n) is 7.03. The predicted molar refractivity (Wildman–Crippen MR) is 136 cm³/mol. The fraction of sp³-hybridized carbons (Fsp3) is 0.120. The van der Waals surface area contributed by atoms with Gasteiger partial charge < -0.3 is 14.2 Å². The van der Waals surface area contributed by atoms with Gasteiger partial charge in [-0.1, -0.05) is 45.7 Å². The maximum Gasteiger partial charge on any atom is 0.363 e.